The number of hydrogen-bond acceptors (Lipinski definition) is 4. The van der Waals surface area contributed by atoms with Crippen LogP contribution in [0.25, 0.3) is 0 Å². The Balaban J connectivity index is 1.22. The van der Waals surface area contributed by atoms with Crippen LogP contribution >= 0.6 is 11.6 Å². The van der Waals surface area contributed by atoms with Gasteiger partial charge in [-0.3, -0.25) is 9.69 Å². The van der Waals surface area contributed by atoms with Gasteiger partial charge in [0.05, 0.1) is 23.7 Å². The Hall–Kier alpha value is -2.78. The van der Waals surface area contributed by atoms with Crippen molar-refractivity contribution in [2.45, 2.75) is 63.7 Å². The van der Waals surface area contributed by atoms with Crippen LogP contribution in [0.1, 0.15) is 65.1 Å². The average molecular weight is 565 g/mol. The van der Waals surface area contributed by atoms with E-state index in [0.29, 0.717) is 24.5 Å². The maximum Gasteiger partial charge on any atom is 0.326 e. The zero-order valence-corrected chi connectivity index (χ0v) is 22.5. The van der Waals surface area contributed by atoms with Gasteiger partial charge in [0.2, 0.25) is 0 Å². The van der Waals surface area contributed by atoms with Gasteiger partial charge in [0, 0.05) is 24.6 Å². The highest BCUT2D eigenvalue weighted by Crippen LogP contribution is 2.45. The number of carboxylic acids is 1. The number of piperidine rings is 1. The van der Waals surface area contributed by atoms with Crippen LogP contribution in [0.15, 0.2) is 24.3 Å². The van der Waals surface area contributed by atoms with Gasteiger partial charge in [-0.2, -0.15) is 0 Å². The Morgan fingerprint density at radius 2 is 1.82 bits per heavy atom. The highest BCUT2D eigenvalue weighted by atomic mass is 35.5. The lowest BCUT2D eigenvalue weighted by Gasteiger charge is -2.32. The fourth-order valence-electron chi connectivity index (χ4n) is 5.64. The van der Waals surface area contributed by atoms with E-state index in [1.807, 2.05) is 13.0 Å². The Labute approximate surface area is 230 Å². The topological polar surface area (TPSA) is 70.1 Å². The third-order valence-corrected chi connectivity index (χ3v) is 8.24. The van der Waals surface area contributed by atoms with Crippen molar-refractivity contribution in [1.82, 2.24) is 9.80 Å². The molecule has 3 fully saturated rings. The summed E-state index contributed by atoms with van der Waals surface area (Å²) in [6.07, 6.45) is 1.71. The van der Waals surface area contributed by atoms with Crippen LogP contribution in [0, 0.1) is 24.5 Å². The number of rotatable bonds is 8. The SMILES string of the molecule is Cc1cc(Cl)c(F)c(CN2CCC(COc3cc(F)c(C(=O)N4C[C@H](F)C[C@H]4C(=O)O)cc3C3CC3)CC2)c1. The number of nitrogens with zero attached hydrogens (tertiary/aromatic N) is 2. The number of likely N-dealkylation sites (tertiary alicyclic amines) is 2. The van der Waals surface area contributed by atoms with Crippen molar-refractivity contribution in [3.05, 3.63) is 63.2 Å². The van der Waals surface area contributed by atoms with E-state index < -0.39 is 29.9 Å². The van der Waals surface area contributed by atoms with E-state index in [1.165, 1.54) is 12.1 Å². The summed E-state index contributed by atoms with van der Waals surface area (Å²) in [5, 5.41) is 9.52. The number of hydrogen-bond donors (Lipinski definition) is 1. The molecule has 5 rings (SSSR count). The van der Waals surface area contributed by atoms with Gasteiger partial charge in [-0.15, -0.1) is 0 Å². The molecule has 2 aromatic rings. The summed E-state index contributed by atoms with van der Waals surface area (Å²) in [4.78, 5) is 27.6. The minimum absolute atomic E-state index is 0.133. The molecule has 0 unspecified atom stereocenters. The fourth-order valence-corrected chi connectivity index (χ4v) is 5.94. The van der Waals surface area contributed by atoms with Gasteiger partial charge >= 0.3 is 5.97 Å². The summed E-state index contributed by atoms with van der Waals surface area (Å²) in [7, 11) is 0. The van der Waals surface area contributed by atoms with Crippen LogP contribution in [0.3, 0.4) is 0 Å². The summed E-state index contributed by atoms with van der Waals surface area (Å²) in [5.41, 5.74) is 1.98. The number of carboxylic acid groups (broad SMARTS) is 1. The molecule has 0 radical (unpaired) electrons. The second-order valence-corrected chi connectivity index (χ2v) is 11.4. The molecule has 10 heteroatoms. The smallest absolute Gasteiger partial charge is 0.326 e. The fraction of sp³-hybridized carbons (Fsp3) is 0.517. The van der Waals surface area contributed by atoms with Gasteiger partial charge in [-0.25, -0.2) is 18.0 Å². The van der Waals surface area contributed by atoms with E-state index in [1.54, 1.807) is 6.07 Å². The molecule has 210 valence electrons. The largest absolute Gasteiger partial charge is 0.493 e. The van der Waals surface area contributed by atoms with E-state index in [9.17, 15) is 23.5 Å². The first kappa shape index (κ1) is 27.8. The predicted molar refractivity (Wildman–Crippen MR) is 140 cm³/mol. The molecule has 0 spiro atoms. The summed E-state index contributed by atoms with van der Waals surface area (Å²) in [6.45, 7) is 3.93. The third kappa shape index (κ3) is 6.19. The van der Waals surface area contributed by atoms with Crippen molar-refractivity contribution < 1.29 is 32.6 Å². The summed E-state index contributed by atoms with van der Waals surface area (Å²) < 4.78 is 49.6. The van der Waals surface area contributed by atoms with Gasteiger partial charge in [0.25, 0.3) is 5.91 Å². The Kier molecular flexibility index (Phi) is 8.10. The molecule has 2 saturated heterocycles. The third-order valence-electron chi connectivity index (χ3n) is 7.97. The highest BCUT2D eigenvalue weighted by molar-refractivity contribution is 6.30. The number of aryl methyl sites for hydroxylation is 1. The second kappa shape index (κ2) is 11.4. The van der Waals surface area contributed by atoms with Gasteiger partial charge in [0.1, 0.15) is 29.6 Å². The minimum Gasteiger partial charge on any atom is -0.493 e. The molecule has 1 aliphatic carbocycles. The second-order valence-electron chi connectivity index (χ2n) is 11.0. The molecule has 2 atom stereocenters. The lowest BCUT2D eigenvalue weighted by atomic mass is 9.97. The zero-order chi connectivity index (χ0) is 27.8. The molecular formula is C29H32ClF3N2O4. The first-order valence-corrected chi connectivity index (χ1v) is 13.8. The standard InChI is InChI=1S/C29H32ClF3N2O4/c1-16-8-19(27(33)23(30)9-16)13-34-6-4-17(5-7-34)15-39-26-12-24(32)22(11-21(26)18-2-3-18)28(36)35-14-20(31)10-25(35)29(37)38/h8-9,11-12,17-18,20,25H,2-7,10,13-15H2,1H3,(H,37,38)/t20-,25+/m1/s1. The van der Waals surface area contributed by atoms with Crippen LogP contribution in [-0.4, -0.2) is 65.2 Å². The van der Waals surface area contributed by atoms with E-state index >= 15 is 4.39 Å². The molecule has 0 bridgehead atoms. The van der Waals surface area contributed by atoms with E-state index in [-0.39, 0.29) is 41.2 Å². The Morgan fingerprint density at radius 1 is 1.10 bits per heavy atom. The summed E-state index contributed by atoms with van der Waals surface area (Å²) in [6, 6.07) is 4.79. The average Bonchev–Trinajstić information content (AvgIpc) is 3.66. The van der Waals surface area contributed by atoms with Crippen molar-refractivity contribution in [3.8, 4) is 5.75 Å². The molecule has 0 aromatic heterocycles. The quantitative estimate of drug-likeness (QED) is 0.443. The van der Waals surface area contributed by atoms with Crippen LogP contribution < -0.4 is 4.74 Å². The number of carbonyl (C=O) groups excluding carboxylic acids is 1. The highest BCUT2D eigenvalue weighted by Gasteiger charge is 2.41. The number of halogens is 4. The molecule has 3 aliphatic rings. The maximum atomic E-state index is 15.1. The van der Waals surface area contributed by atoms with Crippen molar-refractivity contribution in [2.24, 2.45) is 5.92 Å². The van der Waals surface area contributed by atoms with Gasteiger partial charge in [0.15, 0.2) is 0 Å². The minimum atomic E-state index is -1.45. The molecule has 1 saturated carbocycles. The first-order valence-electron chi connectivity index (χ1n) is 13.4. The number of aliphatic carboxylic acids is 1. The van der Waals surface area contributed by atoms with Crippen LogP contribution in [0.4, 0.5) is 13.2 Å². The first-order chi connectivity index (χ1) is 18.6. The Bertz CT molecular complexity index is 1260. The molecule has 2 heterocycles. The van der Waals surface area contributed by atoms with E-state index in [4.69, 9.17) is 16.3 Å². The molecule has 6 nitrogen and oxygen atoms in total. The van der Waals surface area contributed by atoms with Crippen molar-refractivity contribution in [3.63, 3.8) is 0 Å². The maximum absolute atomic E-state index is 15.1. The number of ether oxygens (including phenoxy) is 1. The van der Waals surface area contributed by atoms with Crippen LogP contribution in [0.5, 0.6) is 5.75 Å². The normalized spacial score (nSPS) is 22.3. The molecule has 1 N–H and O–H groups in total. The van der Waals surface area contributed by atoms with Crippen molar-refractivity contribution >= 4 is 23.5 Å². The molecule has 1 amide bonds. The van der Waals surface area contributed by atoms with E-state index in [2.05, 4.69) is 4.90 Å². The summed E-state index contributed by atoms with van der Waals surface area (Å²) in [5.74, 6) is -2.52. The van der Waals surface area contributed by atoms with Gasteiger partial charge in [-0.1, -0.05) is 17.7 Å². The lowest BCUT2D eigenvalue weighted by molar-refractivity contribution is -0.141. The zero-order valence-electron chi connectivity index (χ0n) is 21.8. The summed E-state index contributed by atoms with van der Waals surface area (Å²) >= 11 is 6.00. The lowest BCUT2D eigenvalue weighted by Crippen LogP contribution is -2.41. The van der Waals surface area contributed by atoms with Crippen molar-refractivity contribution in [1.29, 1.82) is 0 Å². The number of amides is 1. The molecular weight excluding hydrogens is 533 g/mol. The van der Waals surface area contributed by atoms with Crippen LogP contribution in [0.2, 0.25) is 5.02 Å². The van der Waals surface area contributed by atoms with Gasteiger partial charge < -0.3 is 14.7 Å². The predicted octanol–water partition coefficient (Wildman–Crippen LogP) is 5.73. The van der Waals surface area contributed by atoms with Crippen LogP contribution in [-0.2, 0) is 11.3 Å². The van der Waals surface area contributed by atoms with Crippen molar-refractivity contribution in [2.75, 3.05) is 26.2 Å². The molecule has 39 heavy (non-hydrogen) atoms. The Morgan fingerprint density at radius 3 is 2.49 bits per heavy atom. The monoisotopic (exact) mass is 564 g/mol. The number of carbonyl (C=O) groups is 2. The number of alkyl halides is 1. The van der Waals surface area contributed by atoms with Gasteiger partial charge in [-0.05, 0) is 80.8 Å². The number of benzene rings is 2. The molecule has 2 aliphatic heterocycles. The van der Waals surface area contributed by atoms with E-state index in [0.717, 1.165) is 54.8 Å². The molecule has 2 aromatic carbocycles.